The number of fused-ring (bicyclic) bond motifs is 1. The molecule has 0 unspecified atom stereocenters. The predicted molar refractivity (Wildman–Crippen MR) is 101 cm³/mol. The number of carbonyl (C=O) groups is 1. The lowest BCUT2D eigenvalue weighted by Gasteiger charge is -2.21. The normalized spacial score (nSPS) is 14.2. The van der Waals surface area contributed by atoms with Crippen LogP contribution in [0.2, 0.25) is 0 Å². The van der Waals surface area contributed by atoms with Crippen molar-refractivity contribution in [2.75, 3.05) is 18.9 Å². The van der Waals surface area contributed by atoms with Crippen LogP contribution in [0.4, 0.5) is 5.69 Å². The Kier molecular flexibility index (Phi) is 4.21. The summed E-state index contributed by atoms with van der Waals surface area (Å²) in [5, 5.41) is 6.97. The summed E-state index contributed by atoms with van der Waals surface area (Å²) in [5.41, 5.74) is 2.41. The molecule has 0 spiro atoms. The van der Waals surface area contributed by atoms with Crippen LogP contribution in [0.3, 0.4) is 0 Å². The Hall–Kier alpha value is -2.71. The highest BCUT2D eigenvalue weighted by Gasteiger charge is 2.19. The summed E-state index contributed by atoms with van der Waals surface area (Å²) in [4.78, 5) is 28.7. The average molecular weight is 369 g/mol. The number of hydrogen-bond acceptors (Lipinski definition) is 5. The highest BCUT2D eigenvalue weighted by atomic mass is 32.1. The van der Waals surface area contributed by atoms with E-state index in [9.17, 15) is 9.59 Å². The number of rotatable bonds is 3. The van der Waals surface area contributed by atoms with Crippen molar-refractivity contribution in [1.29, 1.82) is 0 Å². The van der Waals surface area contributed by atoms with Gasteiger partial charge in [-0.25, -0.2) is 4.79 Å². The number of nitrogens with one attached hydrogen (secondary N) is 1. The molecule has 0 aliphatic carbocycles. The number of carbonyl (C=O) groups excluding carboxylic acids is 1. The third-order valence-electron chi connectivity index (χ3n) is 4.49. The van der Waals surface area contributed by atoms with Crippen molar-refractivity contribution >= 4 is 22.9 Å². The second kappa shape index (κ2) is 6.54. The second-order valence-corrected chi connectivity index (χ2v) is 7.62. The first kappa shape index (κ1) is 16.7. The minimum absolute atomic E-state index is 0.102. The Labute approximate surface area is 154 Å². The predicted octanol–water partition coefficient (Wildman–Crippen LogP) is 1.87. The number of hydrogen-bond donors (Lipinski definition) is 1. The molecular weight excluding hydrogens is 350 g/mol. The summed E-state index contributed by atoms with van der Waals surface area (Å²) in [6.45, 7) is 1.93. The summed E-state index contributed by atoms with van der Waals surface area (Å²) in [6.07, 6.45) is 2.46. The van der Waals surface area contributed by atoms with Crippen LogP contribution >= 0.6 is 11.3 Å². The molecule has 134 valence electrons. The molecule has 0 fully saturated rings. The van der Waals surface area contributed by atoms with Crippen LogP contribution in [0.5, 0.6) is 0 Å². The quantitative estimate of drug-likeness (QED) is 0.765. The van der Waals surface area contributed by atoms with Crippen molar-refractivity contribution in [2.45, 2.75) is 13.0 Å². The lowest BCUT2D eigenvalue weighted by atomic mass is 10.1. The molecule has 1 N–H and O–H groups in total. The number of amides is 1. The molecule has 0 atom stereocenters. The average Bonchev–Trinajstić information content (AvgIpc) is 3.19. The maximum absolute atomic E-state index is 12.5. The number of nitrogens with zero attached hydrogens (tertiary/aromatic N) is 4. The minimum atomic E-state index is -0.212. The van der Waals surface area contributed by atoms with Gasteiger partial charge in [-0.05, 0) is 49.4 Å². The third-order valence-corrected chi connectivity index (χ3v) is 5.65. The Balaban J connectivity index is 1.50. The van der Waals surface area contributed by atoms with E-state index in [0.717, 1.165) is 24.4 Å². The van der Waals surface area contributed by atoms with Gasteiger partial charge in [0.15, 0.2) is 0 Å². The fourth-order valence-corrected chi connectivity index (χ4v) is 4.18. The maximum atomic E-state index is 12.5. The van der Waals surface area contributed by atoms with Crippen LogP contribution in [0.1, 0.15) is 20.1 Å². The fraction of sp³-hybridized carbons (Fsp3) is 0.278. The highest BCUT2D eigenvalue weighted by molar-refractivity contribution is 7.14. The molecule has 8 heteroatoms. The molecular formula is C18H19N5O2S. The van der Waals surface area contributed by atoms with Gasteiger partial charge in [0, 0.05) is 30.7 Å². The number of benzene rings is 1. The van der Waals surface area contributed by atoms with Crippen molar-refractivity contribution < 1.29 is 4.79 Å². The van der Waals surface area contributed by atoms with Crippen LogP contribution in [-0.2, 0) is 20.0 Å². The van der Waals surface area contributed by atoms with Crippen LogP contribution in [0.15, 0.2) is 41.5 Å². The number of aryl methyl sites for hydroxylation is 1. The van der Waals surface area contributed by atoms with Gasteiger partial charge in [0.1, 0.15) is 6.33 Å². The van der Waals surface area contributed by atoms with E-state index in [2.05, 4.69) is 22.4 Å². The van der Waals surface area contributed by atoms with Gasteiger partial charge in [0.2, 0.25) is 0 Å². The van der Waals surface area contributed by atoms with Crippen molar-refractivity contribution in [3.05, 3.63) is 62.5 Å². The highest BCUT2D eigenvalue weighted by Crippen LogP contribution is 2.28. The largest absolute Gasteiger partial charge is 0.350 e. The van der Waals surface area contributed by atoms with Crippen molar-refractivity contribution in [3.63, 3.8) is 0 Å². The Bertz CT molecular complexity index is 1020. The number of likely N-dealkylation sites (N-methyl/N-ethyl adjacent to an activating group) is 1. The Morgan fingerprint density at radius 2 is 2.00 bits per heavy atom. The van der Waals surface area contributed by atoms with E-state index >= 15 is 0 Å². The van der Waals surface area contributed by atoms with Gasteiger partial charge in [-0.2, -0.15) is 9.78 Å². The van der Waals surface area contributed by atoms with Gasteiger partial charge in [-0.15, -0.1) is 11.3 Å². The molecule has 0 radical (unpaired) electrons. The zero-order valence-electron chi connectivity index (χ0n) is 14.6. The van der Waals surface area contributed by atoms with Crippen molar-refractivity contribution in [2.24, 2.45) is 7.05 Å². The first-order chi connectivity index (χ1) is 12.5. The molecule has 0 saturated carbocycles. The zero-order chi connectivity index (χ0) is 18.3. The van der Waals surface area contributed by atoms with E-state index in [-0.39, 0.29) is 11.6 Å². The van der Waals surface area contributed by atoms with Gasteiger partial charge in [-0.1, -0.05) is 0 Å². The van der Waals surface area contributed by atoms with Crippen LogP contribution in [0.25, 0.3) is 5.69 Å². The number of aromatic nitrogens is 3. The summed E-state index contributed by atoms with van der Waals surface area (Å²) in [6, 6.07) is 9.08. The molecule has 2 aromatic heterocycles. The van der Waals surface area contributed by atoms with Crippen molar-refractivity contribution in [3.8, 4) is 5.69 Å². The first-order valence-corrected chi connectivity index (χ1v) is 9.15. The molecule has 1 aromatic carbocycles. The summed E-state index contributed by atoms with van der Waals surface area (Å²) >= 11 is 1.56. The Morgan fingerprint density at radius 3 is 2.69 bits per heavy atom. The molecule has 4 rings (SSSR count). The van der Waals surface area contributed by atoms with Gasteiger partial charge < -0.3 is 10.2 Å². The van der Waals surface area contributed by atoms with Gasteiger partial charge in [0.05, 0.1) is 10.6 Å². The lowest BCUT2D eigenvalue weighted by molar-refractivity contribution is 0.103. The van der Waals surface area contributed by atoms with Crippen LogP contribution < -0.4 is 11.0 Å². The minimum Gasteiger partial charge on any atom is -0.321 e. The summed E-state index contributed by atoms with van der Waals surface area (Å²) in [7, 11) is 3.75. The first-order valence-electron chi connectivity index (χ1n) is 8.34. The number of thiophene rings is 1. The molecule has 1 aliphatic rings. The molecule has 7 nitrogen and oxygen atoms in total. The van der Waals surface area contributed by atoms with Gasteiger partial charge in [0.25, 0.3) is 5.91 Å². The van der Waals surface area contributed by atoms with Crippen molar-refractivity contribution in [1.82, 2.24) is 19.2 Å². The van der Waals surface area contributed by atoms with E-state index in [1.54, 1.807) is 42.6 Å². The Morgan fingerprint density at radius 1 is 1.23 bits per heavy atom. The molecule has 3 aromatic rings. The summed E-state index contributed by atoms with van der Waals surface area (Å²) in [5.74, 6) is -0.102. The monoisotopic (exact) mass is 369 g/mol. The molecule has 1 aliphatic heterocycles. The topological polar surface area (TPSA) is 72.2 Å². The fourth-order valence-electron chi connectivity index (χ4n) is 2.99. The van der Waals surface area contributed by atoms with Gasteiger partial charge in [-0.3, -0.25) is 9.36 Å². The molecule has 1 amide bonds. The smallest absolute Gasteiger partial charge is 0.321 e. The molecule has 3 heterocycles. The molecule has 0 bridgehead atoms. The van der Waals surface area contributed by atoms with E-state index in [1.165, 1.54) is 26.0 Å². The molecule has 0 saturated heterocycles. The zero-order valence-corrected chi connectivity index (χ0v) is 15.4. The van der Waals surface area contributed by atoms with E-state index < -0.39 is 0 Å². The third kappa shape index (κ3) is 3.09. The lowest BCUT2D eigenvalue weighted by Crippen LogP contribution is -2.24. The SMILES string of the molecule is CN1CCc2cc(C(=O)Nc3ccc(-n4ncn(C)c4=O)cc3)sc2C1. The van der Waals surface area contributed by atoms with E-state index in [0.29, 0.717) is 11.4 Å². The van der Waals surface area contributed by atoms with Crippen LogP contribution in [0, 0.1) is 0 Å². The second-order valence-electron chi connectivity index (χ2n) is 6.48. The van der Waals surface area contributed by atoms with E-state index in [1.807, 2.05) is 6.07 Å². The van der Waals surface area contributed by atoms with Gasteiger partial charge >= 0.3 is 5.69 Å². The molecule has 26 heavy (non-hydrogen) atoms. The maximum Gasteiger partial charge on any atom is 0.350 e. The summed E-state index contributed by atoms with van der Waals surface area (Å²) < 4.78 is 2.72. The van der Waals surface area contributed by atoms with Crippen LogP contribution in [-0.4, -0.2) is 38.7 Å². The number of anilines is 1. The van der Waals surface area contributed by atoms with E-state index in [4.69, 9.17) is 0 Å². The standard InChI is InChI=1S/C18H19N5O2S/c1-21-8-7-12-9-15(26-16(12)10-21)17(24)20-13-3-5-14(6-4-13)23-18(25)22(2)11-19-23/h3-6,9,11H,7-8,10H2,1-2H3,(H,20,24).